The Morgan fingerprint density at radius 3 is 3.00 bits per heavy atom. The van der Waals surface area contributed by atoms with Gasteiger partial charge >= 0.3 is 0 Å². The van der Waals surface area contributed by atoms with Gasteiger partial charge in [0.2, 0.25) is 0 Å². The number of ether oxygens (including phenoxy) is 1. The summed E-state index contributed by atoms with van der Waals surface area (Å²) in [6.45, 7) is 1.91. The Morgan fingerprint density at radius 1 is 1.38 bits per heavy atom. The summed E-state index contributed by atoms with van der Waals surface area (Å²) in [6, 6.07) is 8.15. The van der Waals surface area contributed by atoms with Gasteiger partial charge < -0.3 is 10.1 Å². The van der Waals surface area contributed by atoms with Crippen molar-refractivity contribution in [1.29, 1.82) is 0 Å². The van der Waals surface area contributed by atoms with E-state index >= 15 is 0 Å². The van der Waals surface area contributed by atoms with Crippen LogP contribution in [-0.4, -0.2) is 26.0 Å². The highest BCUT2D eigenvalue weighted by molar-refractivity contribution is 5.83. The summed E-state index contributed by atoms with van der Waals surface area (Å²) in [5, 5.41) is 3.38. The van der Waals surface area contributed by atoms with E-state index in [1.54, 1.807) is 7.11 Å². The molecule has 16 heavy (non-hydrogen) atoms. The number of rotatable bonds is 4. The highest BCUT2D eigenvalue weighted by Gasteiger charge is 2.06. The number of para-hydroxylation sites is 1. The number of nitrogens with one attached hydrogen (secondary N) is 1. The fourth-order valence-corrected chi connectivity index (χ4v) is 1.93. The van der Waals surface area contributed by atoms with Crippen LogP contribution in [0.5, 0.6) is 5.75 Å². The van der Waals surface area contributed by atoms with Crippen molar-refractivity contribution < 1.29 is 4.74 Å². The number of hydrogen-bond acceptors (Lipinski definition) is 3. The molecule has 3 nitrogen and oxygen atoms in total. The maximum Gasteiger partial charge on any atom is 0.122 e. The molecule has 2 rings (SSSR count). The summed E-state index contributed by atoms with van der Waals surface area (Å²) in [7, 11) is 1.72. The second kappa shape index (κ2) is 5.54. The lowest BCUT2D eigenvalue weighted by Crippen LogP contribution is -2.23. The molecule has 0 saturated carbocycles. The van der Waals surface area contributed by atoms with Crippen LogP contribution >= 0.6 is 0 Å². The van der Waals surface area contributed by atoms with Gasteiger partial charge in [-0.2, -0.15) is 0 Å². The molecular formula is C13H18N2O. The fraction of sp³-hybridized carbons (Fsp3) is 0.462. The minimum Gasteiger partial charge on any atom is -0.496 e. The summed E-state index contributed by atoms with van der Waals surface area (Å²) >= 11 is 0. The van der Waals surface area contributed by atoms with Crippen LogP contribution in [0.25, 0.3) is 0 Å². The number of aliphatic imine (C=N–C) groups is 1. The van der Waals surface area contributed by atoms with Gasteiger partial charge in [0.1, 0.15) is 5.75 Å². The molecule has 1 aromatic carbocycles. The Morgan fingerprint density at radius 2 is 2.25 bits per heavy atom. The predicted molar refractivity (Wildman–Crippen MR) is 66.2 cm³/mol. The summed E-state index contributed by atoms with van der Waals surface area (Å²) < 4.78 is 5.31. The molecule has 0 unspecified atom stereocenters. The van der Waals surface area contributed by atoms with Gasteiger partial charge in [-0.05, 0) is 24.5 Å². The van der Waals surface area contributed by atoms with Crippen LogP contribution in [0.3, 0.4) is 0 Å². The smallest absolute Gasteiger partial charge is 0.122 e. The first kappa shape index (κ1) is 11.0. The van der Waals surface area contributed by atoms with Crippen molar-refractivity contribution in [3.05, 3.63) is 29.8 Å². The molecule has 1 aliphatic rings. The van der Waals surface area contributed by atoms with Crippen LogP contribution in [0.2, 0.25) is 0 Å². The lowest BCUT2D eigenvalue weighted by Gasteiger charge is -2.09. The van der Waals surface area contributed by atoms with Gasteiger partial charge in [-0.1, -0.05) is 18.2 Å². The molecular weight excluding hydrogens is 200 g/mol. The van der Waals surface area contributed by atoms with Crippen LogP contribution in [0.15, 0.2) is 29.3 Å². The first-order valence-corrected chi connectivity index (χ1v) is 5.79. The molecule has 1 N–H and O–H groups in total. The summed E-state index contributed by atoms with van der Waals surface area (Å²) in [4.78, 5) is 4.38. The predicted octanol–water partition coefficient (Wildman–Crippen LogP) is 2.02. The van der Waals surface area contributed by atoms with Crippen LogP contribution in [-0.2, 0) is 6.42 Å². The maximum atomic E-state index is 5.31. The zero-order valence-corrected chi connectivity index (χ0v) is 9.70. The molecule has 1 aliphatic heterocycles. The second-order valence-electron chi connectivity index (χ2n) is 3.92. The molecule has 0 fully saturated rings. The van der Waals surface area contributed by atoms with Gasteiger partial charge in [0.05, 0.1) is 12.9 Å². The van der Waals surface area contributed by atoms with Gasteiger partial charge in [0, 0.05) is 19.5 Å². The SMILES string of the molecule is COc1ccccc1CCNC1=NCCC1. The highest BCUT2D eigenvalue weighted by atomic mass is 16.5. The second-order valence-corrected chi connectivity index (χ2v) is 3.92. The summed E-state index contributed by atoms with van der Waals surface area (Å²) in [5.41, 5.74) is 1.25. The van der Waals surface area contributed by atoms with Crippen molar-refractivity contribution in [1.82, 2.24) is 5.32 Å². The van der Waals surface area contributed by atoms with E-state index in [0.717, 1.165) is 37.5 Å². The molecule has 86 valence electrons. The van der Waals surface area contributed by atoms with Crippen molar-refractivity contribution in [2.45, 2.75) is 19.3 Å². The van der Waals surface area contributed by atoms with E-state index in [1.807, 2.05) is 18.2 Å². The largest absolute Gasteiger partial charge is 0.496 e. The van der Waals surface area contributed by atoms with E-state index < -0.39 is 0 Å². The van der Waals surface area contributed by atoms with Crippen LogP contribution < -0.4 is 10.1 Å². The number of nitrogens with zero attached hydrogens (tertiary/aromatic N) is 1. The van der Waals surface area contributed by atoms with Gasteiger partial charge in [-0.25, -0.2) is 0 Å². The zero-order chi connectivity index (χ0) is 11.2. The van der Waals surface area contributed by atoms with Gasteiger partial charge in [0.25, 0.3) is 0 Å². The molecule has 3 heteroatoms. The Hall–Kier alpha value is -1.51. The molecule has 0 bridgehead atoms. The number of amidine groups is 1. The standard InChI is InChI=1S/C13H18N2O/c1-16-12-6-3-2-5-11(12)8-10-15-13-7-4-9-14-13/h2-3,5-6H,4,7-10H2,1H3,(H,14,15). The van der Waals surface area contributed by atoms with Crippen molar-refractivity contribution in [3.63, 3.8) is 0 Å². The lowest BCUT2D eigenvalue weighted by molar-refractivity contribution is 0.409. The molecule has 0 saturated heterocycles. The molecule has 0 atom stereocenters. The fourth-order valence-electron chi connectivity index (χ4n) is 1.93. The molecule has 0 radical (unpaired) electrons. The number of hydrogen-bond donors (Lipinski definition) is 1. The number of methoxy groups -OCH3 is 1. The van der Waals surface area contributed by atoms with Crippen LogP contribution in [0.4, 0.5) is 0 Å². The molecule has 1 heterocycles. The van der Waals surface area contributed by atoms with Crippen molar-refractivity contribution in [3.8, 4) is 5.75 Å². The van der Waals surface area contributed by atoms with Crippen LogP contribution in [0.1, 0.15) is 18.4 Å². The summed E-state index contributed by atoms with van der Waals surface area (Å²) in [6.07, 6.45) is 3.27. The topological polar surface area (TPSA) is 33.6 Å². The first-order valence-electron chi connectivity index (χ1n) is 5.79. The van der Waals surface area contributed by atoms with E-state index in [4.69, 9.17) is 4.74 Å². The first-order chi connectivity index (χ1) is 7.90. The third-order valence-electron chi connectivity index (χ3n) is 2.79. The van der Waals surface area contributed by atoms with E-state index in [2.05, 4.69) is 16.4 Å². The monoisotopic (exact) mass is 218 g/mol. The van der Waals surface area contributed by atoms with E-state index in [1.165, 1.54) is 12.0 Å². The minimum absolute atomic E-state index is 0.930. The van der Waals surface area contributed by atoms with Gasteiger partial charge in [-0.3, -0.25) is 4.99 Å². The molecule has 1 aromatic rings. The molecule has 0 spiro atoms. The van der Waals surface area contributed by atoms with Crippen LogP contribution in [0, 0.1) is 0 Å². The van der Waals surface area contributed by atoms with E-state index in [0.29, 0.717) is 0 Å². The average molecular weight is 218 g/mol. The Labute approximate surface area is 96.5 Å². The zero-order valence-electron chi connectivity index (χ0n) is 9.70. The van der Waals surface area contributed by atoms with Crippen molar-refractivity contribution >= 4 is 5.84 Å². The Bertz CT molecular complexity index is 374. The van der Waals surface area contributed by atoms with E-state index in [9.17, 15) is 0 Å². The number of benzene rings is 1. The van der Waals surface area contributed by atoms with Gasteiger partial charge in [0.15, 0.2) is 0 Å². The summed E-state index contributed by atoms with van der Waals surface area (Å²) in [5.74, 6) is 2.13. The van der Waals surface area contributed by atoms with Gasteiger partial charge in [-0.15, -0.1) is 0 Å². The molecule has 0 amide bonds. The molecule has 0 aromatic heterocycles. The quantitative estimate of drug-likeness (QED) is 0.838. The van der Waals surface area contributed by atoms with Crippen molar-refractivity contribution in [2.75, 3.05) is 20.2 Å². The van der Waals surface area contributed by atoms with Crippen molar-refractivity contribution in [2.24, 2.45) is 4.99 Å². The minimum atomic E-state index is 0.930. The average Bonchev–Trinajstić information content (AvgIpc) is 2.83. The third-order valence-corrected chi connectivity index (χ3v) is 2.79. The Kier molecular flexibility index (Phi) is 3.81. The third kappa shape index (κ3) is 2.75. The maximum absolute atomic E-state index is 5.31. The molecule has 0 aliphatic carbocycles. The van der Waals surface area contributed by atoms with E-state index in [-0.39, 0.29) is 0 Å². The normalized spacial score (nSPS) is 14.7. The Balaban J connectivity index is 1.84. The highest BCUT2D eigenvalue weighted by Crippen LogP contribution is 2.17. The lowest BCUT2D eigenvalue weighted by atomic mass is 10.1.